The van der Waals surface area contributed by atoms with Gasteiger partial charge in [0.15, 0.2) is 0 Å². The van der Waals surface area contributed by atoms with Crippen LogP contribution in [0.25, 0.3) is 11.0 Å². The number of carbonyl (C=O) groups is 2. The van der Waals surface area contributed by atoms with Crippen LogP contribution in [0.15, 0.2) is 24.3 Å². The molecule has 2 fully saturated rings. The molecule has 25 heavy (non-hydrogen) atoms. The molecule has 4 unspecified atom stereocenters. The van der Waals surface area contributed by atoms with Crippen LogP contribution in [-0.4, -0.2) is 35.0 Å². The molecule has 1 amide bonds. The van der Waals surface area contributed by atoms with E-state index in [1.165, 1.54) is 7.11 Å². The summed E-state index contributed by atoms with van der Waals surface area (Å²) >= 11 is 0. The standard InChI is InChI=1S/C19H23N3O3/c1-25-19(24)17-11-6-7-12(10-11)18(17)22-16(23)9-8-15-20-13-4-2-3-5-14(13)21-15/h2-5,11-12,17-18H,6-10H2,1H3,(H,20,21)(H,22,23). The number of benzene rings is 1. The summed E-state index contributed by atoms with van der Waals surface area (Å²) in [5.74, 6) is 1.19. The van der Waals surface area contributed by atoms with E-state index < -0.39 is 0 Å². The molecule has 1 heterocycles. The molecule has 2 aliphatic carbocycles. The summed E-state index contributed by atoms with van der Waals surface area (Å²) in [4.78, 5) is 32.2. The molecule has 132 valence electrons. The van der Waals surface area contributed by atoms with Gasteiger partial charge in [-0.05, 0) is 43.2 Å². The number of aromatic amines is 1. The molecule has 2 aliphatic rings. The van der Waals surface area contributed by atoms with Crippen LogP contribution in [0, 0.1) is 17.8 Å². The van der Waals surface area contributed by atoms with Gasteiger partial charge < -0.3 is 15.0 Å². The number of amides is 1. The molecule has 2 saturated carbocycles. The number of nitrogens with zero attached hydrogens (tertiary/aromatic N) is 1. The fourth-order valence-corrected chi connectivity index (χ4v) is 4.59. The minimum Gasteiger partial charge on any atom is -0.469 e. The molecule has 0 spiro atoms. The van der Waals surface area contributed by atoms with Crippen molar-refractivity contribution in [3.05, 3.63) is 30.1 Å². The first kappa shape index (κ1) is 16.1. The van der Waals surface area contributed by atoms with Gasteiger partial charge in [-0.3, -0.25) is 9.59 Å². The monoisotopic (exact) mass is 341 g/mol. The molecule has 1 aromatic heterocycles. The fraction of sp³-hybridized carbons (Fsp3) is 0.526. The minimum atomic E-state index is -0.185. The van der Waals surface area contributed by atoms with E-state index >= 15 is 0 Å². The molecule has 2 aromatic rings. The van der Waals surface area contributed by atoms with E-state index in [2.05, 4.69) is 15.3 Å². The first-order valence-electron chi connectivity index (χ1n) is 8.96. The van der Waals surface area contributed by atoms with E-state index in [9.17, 15) is 9.59 Å². The zero-order valence-corrected chi connectivity index (χ0v) is 14.3. The highest BCUT2D eigenvalue weighted by molar-refractivity contribution is 5.80. The van der Waals surface area contributed by atoms with Gasteiger partial charge in [-0.15, -0.1) is 0 Å². The van der Waals surface area contributed by atoms with Crippen LogP contribution < -0.4 is 5.32 Å². The van der Waals surface area contributed by atoms with Gasteiger partial charge in [-0.25, -0.2) is 4.98 Å². The van der Waals surface area contributed by atoms with Crippen molar-refractivity contribution < 1.29 is 14.3 Å². The van der Waals surface area contributed by atoms with E-state index in [1.807, 2.05) is 24.3 Å². The van der Waals surface area contributed by atoms with Gasteiger partial charge >= 0.3 is 5.97 Å². The summed E-state index contributed by atoms with van der Waals surface area (Å²) in [6, 6.07) is 7.75. The Kier molecular flexibility index (Phi) is 4.19. The largest absolute Gasteiger partial charge is 0.469 e. The van der Waals surface area contributed by atoms with Crippen molar-refractivity contribution in [3.63, 3.8) is 0 Å². The Bertz CT molecular complexity index is 767. The molecule has 0 aliphatic heterocycles. The maximum absolute atomic E-state index is 12.4. The Labute approximate surface area is 146 Å². The number of nitrogens with one attached hydrogen (secondary N) is 2. The number of esters is 1. The quantitative estimate of drug-likeness (QED) is 0.817. The van der Waals surface area contributed by atoms with Gasteiger partial charge in [0.2, 0.25) is 5.91 Å². The Morgan fingerprint density at radius 2 is 2.08 bits per heavy atom. The maximum Gasteiger partial charge on any atom is 0.311 e. The average molecular weight is 341 g/mol. The van der Waals surface area contributed by atoms with E-state index in [0.29, 0.717) is 24.7 Å². The van der Waals surface area contributed by atoms with Gasteiger partial charge in [-0.1, -0.05) is 12.1 Å². The maximum atomic E-state index is 12.4. The number of aryl methyl sites for hydroxylation is 1. The van der Waals surface area contributed by atoms with Gasteiger partial charge in [0.05, 0.1) is 24.1 Å². The molecule has 1 aromatic carbocycles. The summed E-state index contributed by atoms with van der Waals surface area (Å²) in [6.07, 6.45) is 4.10. The Hall–Kier alpha value is -2.37. The van der Waals surface area contributed by atoms with Crippen LogP contribution in [0.4, 0.5) is 0 Å². The normalized spacial score (nSPS) is 27.6. The number of fused-ring (bicyclic) bond motifs is 3. The second-order valence-corrected chi connectivity index (χ2v) is 7.18. The number of methoxy groups -OCH3 is 1. The van der Waals surface area contributed by atoms with Gasteiger partial charge in [0.25, 0.3) is 0 Å². The van der Waals surface area contributed by atoms with Crippen molar-refractivity contribution >= 4 is 22.9 Å². The third-order valence-corrected chi connectivity index (χ3v) is 5.74. The van der Waals surface area contributed by atoms with Gasteiger partial charge in [0, 0.05) is 18.9 Å². The predicted molar refractivity (Wildman–Crippen MR) is 92.7 cm³/mol. The van der Waals surface area contributed by atoms with E-state index in [1.54, 1.807) is 0 Å². The number of rotatable bonds is 5. The summed E-state index contributed by atoms with van der Waals surface area (Å²) in [5.41, 5.74) is 1.90. The highest BCUT2D eigenvalue weighted by Gasteiger charge is 2.51. The summed E-state index contributed by atoms with van der Waals surface area (Å²) in [7, 11) is 1.43. The Balaban J connectivity index is 1.37. The lowest BCUT2D eigenvalue weighted by Crippen LogP contribution is -2.47. The molecular weight excluding hydrogens is 318 g/mol. The number of para-hydroxylation sites is 2. The number of hydrogen-bond acceptors (Lipinski definition) is 4. The number of aromatic nitrogens is 2. The van der Waals surface area contributed by atoms with Crippen LogP contribution in [0.3, 0.4) is 0 Å². The molecule has 2 N–H and O–H groups in total. The third kappa shape index (κ3) is 3.01. The van der Waals surface area contributed by atoms with E-state index in [4.69, 9.17) is 4.74 Å². The second kappa shape index (κ2) is 6.50. The lowest BCUT2D eigenvalue weighted by molar-refractivity contribution is -0.148. The number of hydrogen-bond donors (Lipinski definition) is 2. The molecule has 2 bridgehead atoms. The Morgan fingerprint density at radius 1 is 1.28 bits per heavy atom. The van der Waals surface area contributed by atoms with Crippen molar-refractivity contribution in [2.45, 2.75) is 38.1 Å². The van der Waals surface area contributed by atoms with Crippen LogP contribution in [0.1, 0.15) is 31.5 Å². The van der Waals surface area contributed by atoms with Crippen LogP contribution >= 0.6 is 0 Å². The SMILES string of the molecule is COC(=O)C1C2CCC(C2)C1NC(=O)CCc1nc2ccccc2[nH]1. The topological polar surface area (TPSA) is 84.1 Å². The first-order valence-corrected chi connectivity index (χ1v) is 8.96. The van der Waals surface area contributed by atoms with Crippen molar-refractivity contribution in [2.75, 3.05) is 7.11 Å². The summed E-state index contributed by atoms with van der Waals surface area (Å²) in [6.45, 7) is 0. The molecule has 4 rings (SSSR count). The molecule has 0 radical (unpaired) electrons. The van der Waals surface area contributed by atoms with E-state index in [0.717, 1.165) is 36.1 Å². The molecular formula is C19H23N3O3. The Morgan fingerprint density at radius 3 is 2.88 bits per heavy atom. The lowest BCUT2D eigenvalue weighted by Gasteiger charge is -2.29. The summed E-state index contributed by atoms with van der Waals surface area (Å²) in [5, 5.41) is 3.10. The highest BCUT2D eigenvalue weighted by atomic mass is 16.5. The number of carbonyl (C=O) groups excluding carboxylic acids is 2. The molecule has 0 saturated heterocycles. The summed E-state index contributed by atoms with van der Waals surface area (Å²) < 4.78 is 4.96. The molecule has 6 heteroatoms. The zero-order valence-electron chi connectivity index (χ0n) is 14.3. The number of ether oxygens (including phenoxy) is 1. The highest BCUT2D eigenvalue weighted by Crippen LogP contribution is 2.48. The average Bonchev–Trinajstić information content (AvgIpc) is 3.33. The van der Waals surface area contributed by atoms with Crippen LogP contribution in [-0.2, 0) is 20.7 Å². The fourth-order valence-electron chi connectivity index (χ4n) is 4.59. The van der Waals surface area contributed by atoms with Gasteiger partial charge in [-0.2, -0.15) is 0 Å². The smallest absolute Gasteiger partial charge is 0.311 e. The van der Waals surface area contributed by atoms with Crippen molar-refractivity contribution in [3.8, 4) is 0 Å². The van der Waals surface area contributed by atoms with Crippen molar-refractivity contribution in [1.82, 2.24) is 15.3 Å². The lowest BCUT2D eigenvalue weighted by atomic mass is 9.84. The van der Waals surface area contributed by atoms with Gasteiger partial charge in [0.1, 0.15) is 5.82 Å². The minimum absolute atomic E-state index is 0.0214. The van der Waals surface area contributed by atoms with Crippen LogP contribution in [0.5, 0.6) is 0 Å². The molecule has 6 nitrogen and oxygen atoms in total. The number of H-pyrrole nitrogens is 1. The third-order valence-electron chi connectivity index (χ3n) is 5.74. The second-order valence-electron chi connectivity index (χ2n) is 7.18. The van der Waals surface area contributed by atoms with Crippen LogP contribution in [0.2, 0.25) is 0 Å². The first-order chi connectivity index (χ1) is 12.2. The molecule has 4 atom stereocenters. The zero-order chi connectivity index (χ0) is 17.4. The predicted octanol–water partition coefficient (Wildman–Crippen LogP) is 2.20. The van der Waals surface area contributed by atoms with Crippen molar-refractivity contribution in [1.29, 1.82) is 0 Å². The van der Waals surface area contributed by atoms with Crippen molar-refractivity contribution in [2.24, 2.45) is 17.8 Å². The van der Waals surface area contributed by atoms with E-state index in [-0.39, 0.29) is 23.8 Å². The number of imidazole rings is 1.